The summed E-state index contributed by atoms with van der Waals surface area (Å²) in [6.07, 6.45) is 0. The second-order valence-electron chi connectivity index (χ2n) is 19.5. The Labute approximate surface area is 400 Å². The first-order valence-corrected chi connectivity index (χ1v) is 25.8. The maximum absolute atomic E-state index is 5.98. The highest BCUT2D eigenvalue weighted by Gasteiger charge is 2.31. The summed E-state index contributed by atoms with van der Waals surface area (Å²) in [5.74, 6) is 1.71. The van der Waals surface area contributed by atoms with Crippen molar-refractivity contribution in [3.63, 3.8) is 0 Å². The van der Waals surface area contributed by atoms with Crippen LogP contribution in [-0.4, -0.2) is 0 Å². The van der Waals surface area contributed by atoms with Crippen LogP contribution in [0.25, 0.3) is 0 Å². The molecule has 0 aromatic heterocycles. The zero-order valence-electron chi connectivity index (χ0n) is 39.8. The van der Waals surface area contributed by atoms with Gasteiger partial charge in [-0.3, -0.25) is 0 Å². The van der Waals surface area contributed by atoms with E-state index in [1.807, 2.05) is 23.9 Å². The molecule has 1 nitrogen and oxygen atoms in total. The van der Waals surface area contributed by atoms with Crippen LogP contribution >= 0.6 is 11.8 Å². The Morgan fingerprint density at radius 3 is 0.908 bits per heavy atom. The molecule has 0 saturated heterocycles. The van der Waals surface area contributed by atoms with Gasteiger partial charge in [0.05, 0.1) is 21.8 Å². The lowest BCUT2D eigenvalue weighted by atomic mass is 9.87. The van der Waals surface area contributed by atoms with Crippen LogP contribution in [0.1, 0.15) is 84.6 Å². The topological polar surface area (TPSA) is 9.23 Å². The SMILES string of the molecule is CC(C)(C)c1ccc(Sc2ccc([S+](c3ccc(C(C)(C)C)cc3)c3ccc(C(C)(C)C)cc3)cc2)cc1.Cc1ccc(Oc2ccc([S+](c3ccccc3)c3ccccc3)cc2)cc1. The summed E-state index contributed by atoms with van der Waals surface area (Å²) >= 11 is 1.83. The van der Waals surface area contributed by atoms with E-state index in [-0.39, 0.29) is 38.0 Å². The lowest BCUT2D eigenvalue weighted by Gasteiger charge is -2.20. The molecule has 0 N–H and O–H groups in total. The van der Waals surface area contributed by atoms with Crippen LogP contribution in [0.2, 0.25) is 0 Å². The molecule has 0 amide bonds. The van der Waals surface area contributed by atoms with Crippen molar-refractivity contribution in [2.75, 3.05) is 0 Å². The monoisotopic (exact) mass is 908 g/mol. The van der Waals surface area contributed by atoms with E-state index in [0.717, 1.165) is 11.5 Å². The van der Waals surface area contributed by atoms with Crippen LogP contribution in [-0.2, 0) is 38.0 Å². The third-order valence-electron chi connectivity index (χ3n) is 11.2. The van der Waals surface area contributed by atoms with Crippen LogP contribution in [0, 0.1) is 6.92 Å². The summed E-state index contributed by atoms with van der Waals surface area (Å²) in [7, 11) is -0.290. The van der Waals surface area contributed by atoms with Crippen LogP contribution < -0.4 is 4.74 Å². The van der Waals surface area contributed by atoms with Gasteiger partial charge in [0.2, 0.25) is 0 Å². The number of rotatable bonds is 10. The zero-order chi connectivity index (χ0) is 46.2. The average Bonchev–Trinajstić information content (AvgIpc) is 3.29. The zero-order valence-corrected chi connectivity index (χ0v) is 42.2. The van der Waals surface area contributed by atoms with Gasteiger partial charge >= 0.3 is 0 Å². The lowest BCUT2D eigenvalue weighted by Crippen LogP contribution is -2.13. The fourth-order valence-corrected chi connectivity index (χ4v) is 12.2. The van der Waals surface area contributed by atoms with Crippen LogP contribution in [0.5, 0.6) is 11.5 Å². The Hall–Kier alpha value is -5.39. The summed E-state index contributed by atoms with van der Waals surface area (Å²) in [6.45, 7) is 22.5. The average molecular weight is 909 g/mol. The van der Waals surface area contributed by atoms with Crippen molar-refractivity contribution < 1.29 is 4.74 Å². The smallest absolute Gasteiger partial charge is 0.166 e. The van der Waals surface area contributed by atoms with Gasteiger partial charge in [-0.05, 0) is 161 Å². The first kappa shape index (κ1) is 47.6. The first-order chi connectivity index (χ1) is 31.0. The standard InChI is InChI=1S/C36H43S2.C25H21OS/c1-34(2,3)26-10-16-29(17-11-26)37-30-18-24-33(25-19-30)38(31-20-12-27(13-21-31)35(4,5)6)32-22-14-28(15-23-32)36(7,8)9;1-20-12-14-21(15-13-20)26-22-16-18-25(19-17-22)27(23-8-4-2-5-9-23)24-10-6-3-7-11-24/h10-25H,1-9H3;2-19H,1H3/q2*+1. The molecule has 8 aromatic rings. The summed E-state index contributed by atoms with van der Waals surface area (Å²) in [5.41, 5.74) is 5.82. The summed E-state index contributed by atoms with van der Waals surface area (Å²) < 4.78 is 5.98. The van der Waals surface area contributed by atoms with E-state index in [4.69, 9.17) is 4.74 Å². The van der Waals surface area contributed by atoms with Crippen molar-refractivity contribution in [2.45, 2.75) is 125 Å². The summed E-state index contributed by atoms with van der Waals surface area (Å²) in [6, 6.07) is 74.7. The molecule has 0 fully saturated rings. The molecular formula is C61H64OS3+2. The lowest BCUT2D eigenvalue weighted by molar-refractivity contribution is 0.482. The van der Waals surface area contributed by atoms with E-state index in [0.29, 0.717) is 0 Å². The third-order valence-corrected chi connectivity index (χ3v) is 16.7. The molecule has 8 aromatic carbocycles. The highest BCUT2D eigenvalue weighted by molar-refractivity contribution is 7.99. The number of ether oxygens (including phenoxy) is 1. The summed E-state index contributed by atoms with van der Waals surface area (Å²) in [4.78, 5) is 10.5. The van der Waals surface area contributed by atoms with Gasteiger partial charge in [-0.1, -0.05) is 165 Å². The van der Waals surface area contributed by atoms with Crippen molar-refractivity contribution in [1.29, 1.82) is 0 Å². The van der Waals surface area contributed by atoms with Crippen LogP contribution in [0.15, 0.2) is 245 Å². The second kappa shape index (κ2) is 20.8. The molecular weight excluding hydrogens is 845 g/mol. The van der Waals surface area contributed by atoms with Crippen molar-refractivity contribution >= 4 is 33.6 Å². The highest BCUT2D eigenvalue weighted by atomic mass is 32.2. The number of aryl methyl sites for hydroxylation is 1. The third kappa shape index (κ3) is 12.9. The molecule has 330 valence electrons. The first-order valence-electron chi connectivity index (χ1n) is 22.5. The quantitative estimate of drug-likeness (QED) is 0.126. The fraction of sp³-hybridized carbons (Fsp3) is 0.213. The number of hydrogen-bond donors (Lipinski definition) is 0. The van der Waals surface area contributed by atoms with E-state index in [1.54, 1.807) is 0 Å². The van der Waals surface area contributed by atoms with Crippen LogP contribution in [0.4, 0.5) is 0 Å². The highest BCUT2D eigenvalue weighted by Crippen LogP contribution is 2.37. The Kier molecular flexibility index (Phi) is 15.3. The Balaban J connectivity index is 0.000000205. The molecule has 0 bridgehead atoms. The van der Waals surface area contributed by atoms with Crippen LogP contribution in [0.3, 0.4) is 0 Å². The molecule has 0 aliphatic heterocycles. The van der Waals surface area contributed by atoms with Gasteiger partial charge in [0.25, 0.3) is 0 Å². The predicted octanol–water partition coefficient (Wildman–Crippen LogP) is 17.7. The minimum atomic E-state index is -0.162. The minimum Gasteiger partial charge on any atom is -0.457 e. The van der Waals surface area contributed by atoms with Gasteiger partial charge in [0, 0.05) is 9.79 Å². The molecule has 0 aliphatic rings. The molecule has 8 rings (SSSR count). The molecule has 0 aliphatic carbocycles. The van der Waals surface area contributed by atoms with E-state index in [9.17, 15) is 0 Å². The van der Waals surface area contributed by atoms with Gasteiger partial charge in [-0.15, -0.1) is 0 Å². The number of benzene rings is 8. The largest absolute Gasteiger partial charge is 0.457 e. The van der Waals surface area contributed by atoms with E-state index < -0.39 is 0 Å². The van der Waals surface area contributed by atoms with Crippen molar-refractivity contribution in [3.05, 3.63) is 229 Å². The molecule has 0 saturated carbocycles. The van der Waals surface area contributed by atoms with Crippen molar-refractivity contribution in [1.82, 2.24) is 0 Å². The minimum absolute atomic E-state index is 0.128. The molecule has 0 unspecified atom stereocenters. The van der Waals surface area contributed by atoms with Crippen molar-refractivity contribution in [2.24, 2.45) is 0 Å². The van der Waals surface area contributed by atoms with Gasteiger partial charge < -0.3 is 4.74 Å². The van der Waals surface area contributed by atoms with Gasteiger partial charge in [-0.25, -0.2) is 0 Å². The molecule has 65 heavy (non-hydrogen) atoms. The van der Waals surface area contributed by atoms with E-state index in [2.05, 4.69) is 263 Å². The Morgan fingerprint density at radius 2 is 0.569 bits per heavy atom. The molecule has 4 heteroatoms. The maximum Gasteiger partial charge on any atom is 0.166 e. The number of hydrogen-bond acceptors (Lipinski definition) is 2. The van der Waals surface area contributed by atoms with Gasteiger partial charge in [0.1, 0.15) is 11.5 Å². The Morgan fingerprint density at radius 1 is 0.308 bits per heavy atom. The van der Waals surface area contributed by atoms with Crippen molar-refractivity contribution in [3.8, 4) is 11.5 Å². The molecule has 0 atom stereocenters. The Bertz CT molecular complexity index is 2590. The van der Waals surface area contributed by atoms with Gasteiger partial charge in [0.15, 0.2) is 29.4 Å². The second-order valence-corrected chi connectivity index (χ2v) is 24.7. The van der Waals surface area contributed by atoms with E-state index in [1.165, 1.54) is 61.4 Å². The van der Waals surface area contributed by atoms with E-state index >= 15 is 0 Å². The predicted molar refractivity (Wildman–Crippen MR) is 281 cm³/mol. The van der Waals surface area contributed by atoms with Gasteiger partial charge in [-0.2, -0.15) is 0 Å². The molecule has 0 heterocycles. The normalized spacial score (nSPS) is 11.9. The maximum atomic E-state index is 5.98. The fourth-order valence-electron chi connectivity index (χ4n) is 7.30. The molecule has 0 radical (unpaired) electrons. The summed E-state index contributed by atoms with van der Waals surface area (Å²) in [5, 5.41) is 0. The molecule has 0 spiro atoms.